The third kappa shape index (κ3) is 12.9. The van der Waals surface area contributed by atoms with E-state index in [1.165, 1.54) is 31.5 Å². The summed E-state index contributed by atoms with van der Waals surface area (Å²) in [5.74, 6) is 0.637. The summed E-state index contributed by atoms with van der Waals surface area (Å²) in [7, 11) is 0. The first-order valence-corrected chi connectivity index (χ1v) is 8.88. The number of carbonyl (C=O) groups excluding carboxylic acids is 1. The van der Waals surface area contributed by atoms with Gasteiger partial charge in [0.2, 0.25) is 5.91 Å². The maximum absolute atomic E-state index is 10.3. The topological polar surface area (TPSA) is 62.2 Å². The van der Waals surface area contributed by atoms with Gasteiger partial charge in [-0.1, -0.05) is 37.6 Å². The molecule has 140 valence electrons. The molecule has 1 rings (SSSR count). The zero-order valence-electron chi connectivity index (χ0n) is 16.6. The van der Waals surface area contributed by atoms with Gasteiger partial charge in [0.25, 0.3) is 0 Å². The Balaban J connectivity index is 0.000000609. The Morgan fingerprint density at radius 1 is 1.20 bits per heavy atom. The zero-order valence-corrected chi connectivity index (χ0v) is 16.6. The van der Waals surface area contributed by atoms with Crippen molar-refractivity contribution in [2.24, 2.45) is 0 Å². The van der Waals surface area contributed by atoms with E-state index < -0.39 is 0 Å². The molecule has 1 amide bonds. The highest BCUT2D eigenvalue weighted by atomic mass is 16.5. The van der Waals surface area contributed by atoms with E-state index in [4.69, 9.17) is 10.1 Å². The summed E-state index contributed by atoms with van der Waals surface area (Å²) >= 11 is 0. The number of aryl methyl sites for hydroxylation is 1. The van der Waals surface area contributed by atoms with Crippen molar-refractivity contribution >= 4 is 12.1 Å². The summed E-state index contributed by atoms with van der Waals surface area (Å²) in [5, 5.41) is 9.86. The van der Waals surface area contributed by atoms with E-state index in [0.717, 1.165) is 12.0 Å². The minimum Gasteiger partial charge on any atom is -0.488 e. The van der Waals surface area contributed by atoms with Gasteiger partial charge < -0.3 is 15.5 Å². The second-order valence-corrected chi connectivity index (χ2v) is 6.98. The normalized spacial score (nSPS) is 11.2. The molecule has 25 heavy (non-hydrogen) atoms. The van der Waals surface area contributed by atoms with Crippen LogP contribution in [0.3, 0.4) is 0 Å². The Kier molecular flexibility index (Phi) is 11.3. The second-order valence-electron chi connectivity index (χ2n) is 6.98. The van der Waals surface area contributed by atoms with Gasteiger partial charge in [0.05, 0.1) is 6.21 Å². The lowest BCUT2D eigenvalue weighted by atomic mass is 10.1. The predicted molar refractivity (Wildman–Crippen MR) is 106 cm³/mol. The van der Waals surface area contributed by atoms with Crippen molar-refractivity contribution in [1.29, 1.82) is 5.41 Å². The summed E-state index contributed by atoms with van der Waals surface area (Å²) in [5.41, 5.74) is 2.45. The molecule has 0 radical (unpaired) electrons. The molecule has 1 aromatic rings. The van der Waals surface area contributed by atoms with Gasteiger partial charge in [-0.2, -0.15) is 0 Å². The Hall–Kier alpha value is -2.10. The van der Waals surface area contributed by atoms with Crippen molar-refractivity contribution in [1.82, 2.24) is 5.32 Å². The standard InChI is InChI=1S/C15H21NO.C6H13NO/c1-3-5-6-13-7-9-14(10-8-13)12-17-15(4-2)11-16;1-5(8)7-6(2,3)4/h4,7-11,16H,3,5-6,12H2,1-2H3;1-4H3,(H,7,8)/b15-4-,16-11?;. The number of allylic oxidation sites excluding steroid dienone is 2. The lowest BCUT2D eigenvalue weighted by molar-refractivity contribution is -0.120. The van der Waals surface area contributed by atoms with Crippen LogP contribution < -0.4 is 5.32 Å². The number of carbonyl (C=O) groups is 1. The molecule has 0 atom stereocenters. The minimum absolute atomic E-state index is 0.0255. The molecule has 0 aromatic heterocycles. The average Bonchev–Trinajstić information content (AvgIpc) is 2.53. The van der Waals surface area contributed by atoms with Crippen molar-refractivity contribution in [2.45, 2.75) is 73.0 Å². The molecule has 4 nitrogen and oxygen atoms in total. The van der Waals surface area contributed by atoms with Gasteiger partial charge in [-0.3, -0.25) is 4.79 Å². The Morgan fingerprint density at radius 3 is 2.12 bits per heavy atom. The van der Waals surface area contributed by atoms with E-state index in [1.807, 2.05) is 27.7 Å². The molecule has 1 aromatic carbocycles. The molecule has 0 heterocycles. The van der Waals surface area contributed by atoms with Crippen LogP contribution in [0.5, 0.6) is 0 Å². The Morgan fingerprint density at radius 2 is 1.76 bits per heavy atom. The number of amides is 1. The summed E-state index contributed by atoms with van der Waals surface area (Å²) < 4.78 is 5.47. The van der Waals surface area contributed by atoms with Crippen LogP contribution in [0, 0.1) is 5.41 Å². The van der Waals surface area contributed by atoms with Crippen LogP contribution in [0.25, 0.3) is 0 Å². The fourth-order valence-corrected chi connectivity index (χ4v) is 2.09. The Labute approximate surface area is 153 Å². The van der Waals surface area contributed by atoms with E-state index in [9.17, 15) is 4.79 Å². The second kappa shape index (κ2) is 12.3. The predicted octanol–water partition coefficient (Wildman–Crippen LogP) is 5.02. The smallest absolute Gasteiger partial charge is 0.217 e. The third-order valence-electron chi connectivity index (χ3n) is 3.23. The maximum Gasteiger partial charge on any atom is 0.217 e. The first kappa shape index (κ1) is 22.9. The van der Waals surface area contributed by atoms with Gasteiger partial charge in [0.1, 0.15) is 12.4 Å². The fourth-order valence-electron chi connectivity index (χ4n) is 2.09. The van der Waals surface area contributed by atoms with Crippen LogP contribution in [0.15, 0.2) is 36.1 Å². The molecule has 0 fully saturated rings. The molecule has 0 bridgehead atoms. The first-order chi connectivity index (χ1) is 11.7. The molecular formula is C21H34N2O2. The van der Waals surface area contributed by atoms with Crippen LogP contribution in [0.4, 0.5) is 0 Å². The van der Waals surface area contributed by atoms with Crippen LogP contribution in [-0.4, -0.2) is 17.7 Å². The summed E-state index contributed by atoms with van der Waals surface area (Å²) in [6.07, 6.45) is 6.65. The molecule has 0 saturated heterocycles. The van der Waals surface area contributed by atoms with Crippen molar-refractivity contribution in [3.05, 3.63) is 47.2 Å². The number of hydrogen-bond donors (Lipinski definition) is 2. The lowest BCUT2D eigenvalue weighted by Crippen LogP contribution is -2.38. The highest BCUT2D eigenvalue weighted by Gasteiger charge is 2.08. The molecule has 0 aliphatic rings. The SMILES string of the molecule is C/C=C(/C=N)OCc1ccc(CCCC)cc1.CC(=O)NC(C)(C)C. The third-order valence-corrected chi connectivity index (χ3v) is 3.23. The van der Waals surface area contributed by atoms with Crippen LogP contribution in [0.1, 0.15) is 65.5 Å². The van der Waals surface area contributed by atoms with Gasteiger partial charge in [0.15, 0.2) is 0 Å². The van der Waals surface area contributed by atoms with Crippen molar-refractivity contribution in [3.63, 3.8) is 0 Å². The van der Waals surface area contributed by atoms with E-state index in [0.29, 0.717) is 12.4 Å². The molecule has 0 spiro atoms. The first-order valence-electron chi connectivity index (χ1n) is 8.88. The molecule has 0 unspecified atom stereocenters. The minimum atomic E-state index is -0.0775. The maximum atomic E-state index is 10.3. The number of unbranched alkanes of at least 4 members (excludes halogenated alkanes) is 1. The van der Waals surface area contributed by atoms with Crippen LogP contribution >= 0.6 is 0 Å². The highest BCUT2D eigenvalue weighted by molar-refractivity contribution is 5.73. The number of rotatable bonds is 7. The van der Waals surface area contributed by atoms with E-state index in [1.54, 1.807) is 6.08 Å². The summed E-state index contributed by atoms with van der Waals surface area (Å²) in [6.45, 7) is 12.0. The van der Waals surface area contributed by atoms with Crippen LogP contribution in [-0.2, 0) is 22.6 Å². The summed E-state index contributed by atoms with van der Waals surface area (Å²) in [4.78, 5) is 10.3. The number of hydrogen-bond acceptors (Lipinski definition) is 3. The Bertz CT molecular complexity index is 540. The lowest BCUT2D eigenvalue weighted by Gasteiger charge is -2.18. The van der Waals surface area contributed by atoms with Crippen LogP contribution in [0.2, 0.25) is 0 Å². The average molecular weight is 347 g/mol. The molecular weight excluding hydrogens is 312 g/mol. The molecule has 0 aliphatic carbocycles. The van der Waals surface area contributed by atoms with Crippen molar-refractivity contribution in [3.8, 4) is 0 Å². The number of nitrogens with one attached hydrogen (secondary N) is 2. The molecule has 4 heteroatoms. The molecule has 2 N–H and O–H groups in total. The highest BCUT2D eigenvalue weighted by Crippen LogP contribution is 2.10. The summed E-state index contributed by atoms with van der Waals surface area (Å²) in [6, 6.07) is 8.52. The van der Waals surface area contributed by atoms with E-state index in [-0.39, 0.29) is 11.4 Å². The number of ether oxygens (including phenoxy) is 1. The van der Waals surface area contributed by atoms with E-state index in [2.05, 4.69) is 36.5 Å². The monoisotopic (exact) mass is 346 g/mol. The largest absolute Gasteiger partial charge is 0.488 e. The number of benzene rings is 1. The van der Waals surface area contributed by atoms with Crippen molar-refractivity contribution in [2.75, 3.05) is 0 Å². The molecule has 0 saturated carbocycles. The fraction of sp³-hybridized carbons (Fsp3) is 0.524. The van der Waals surface area contributed by atoms with Gasteiger partial charge in [-0.25, -0.2) is 0 Å². The molecule has 0 aliphatic heterocycles. The van der Waals surface area contributed by atoms with Gasteiger partial charge in [-0.05, 0) is 57.7 Å². The van der Waals surface area contributed by atoms with Crippen molar-refractivity contribution < 1.29 is 9.53 Å². The van der Waals surface area contributed by atoms with Gasteiger partial charge >= 0.3 is 0 Å². The van der Waals surface area contributed by atoms with Gasteiger partial charge in [0, 0.05) is 12.5 Å². The zero-order chi connectivity index (χ0) is 19.3. The van der Waals surface area contributed by atoms with Gasteiger partial charge in [-0.15, -0.1) is 0 Å². The van der Waals surface area contributed by atoms with E-state index >= 15 is 0 Å². The quantitative estimate of drug-likeness (QED) is 0.538.